The van der Waals surface area contributed by atoms with E-state index in [1.807, 2.05) is 23.7 Å². The molecule has 0 aliphatic carbocycles. The largest absolute Gasteiger partial charge is 0.465 e. The summed E-state index contributed by atoms with van der Waals surface area (Å²) in [6.07, 6.45) is 4.15. The smallest absolute Gasteiger partial charge is 0.319 e. The minimum atomic E-state index is -0.173. The second-order valence-corrected chi connectivity index (χ2v) is 5.33. The van der Waals surface area contributed by atoms with Crippen molar-refractivity contribution in [2.24, 2.45) is 7.05 Å². The van der Waals surface area contributed by atoms with Gasteiger partial charge in [-0.05, 0) is 12.1 Å². The van der Waals surface area contributed by atoms with E-state index in [1.165, 1.54) is 11.8 Å². The lowest BCUT2D eigenvalue weighted by molar-refractivity contribution is -0.137. The Kier molecular flexibility index (Phi) is 3.20. The van der Waals surface area contributed by atoms with Gasteiger partial charge >= 0.3 is 5.97 Å². The average Bonchev–Trinajstić information content (AvgIpc) is 2.99. The molecule has 0 unspecified atom stereocenters. The van der Waals surface area contributed by atoms with Crippen molar-refractivity contribution in [3.63, 3.8) is 0 Å². The third-order valence-corrected chi connectivity index (χ3v) is 4.19. The van der Waals surface area contributed by atoms with E-state index in [1.54, 1.807) is 12.4 Å². The molecule has 0 saturated carbocycles. The summed E-state index contributed by atoms with van der Waals surface area (Å²) in [7, 11) is 1.89. The summed E-state index contributed by atoms with van der Waals surface area (Å²) in [5, 5.41) is 8.85. The molecule has 0 N–H and O–H groups in total. The normalized spacial score (nSPS) is 18.6. The lowest BCUT2D eigenvalue weighted by Gasteiger charge is -2.05. The first-order valence-corrected chi connectivity index (χ1v) is 6.77. The number of aromatic nitrogens is 4. The van der Waals surface area contributed by atoms with Gasteiger partial charge in [-0.3, -0.25) is 9.78 Å². The van der Waals surface area contributed by atoms with Gasteiger partial charge in [-0.2, -0.15) is 0 Å². The molecule has 0 aromatic carbocycles. The number of carbonyl (C=O) groups excluding carboxylic acids is 1. The standard InChI is InChI=1S/C12H12N4O2S/c1-16-10(8-2-5-13-6-3-8)14-15-12(16)19-9-4-7-18-11(9)17/h2-3,5-6,9H,4,7H2,1H3/t9-/m1/s1. The van der Waals surface area contributed by atoms with Gasteiger partial charge in [-0.25, -0.2) is 0 Å². The molecule has 1 aliphatic rings. The maximum Gasteiger partial charge on any atom is 0.319 e. The molecule has 19 heavy (non-hydrogen) atoms. The molecule has 1 saturated heterocycles. The Labute approximate surface area is 114 Å². The summed E-state index contributed by atoms with van der Waals surface area (Å²) >= 11 is 1.40. The van der Waals surface area contributed by atoms with Crippen molar-refractivity contribution >= 4 is 17.7 Å². The van der Waals surface area contributed by atoms with E-state index in [9.17, 15) is 4.79 Å². The SMILES string of the molecule is Cn1c(S[C@@H]2CCOC2=O)nnc1-c1ccncc1. The summed E-state index contributed by atoms with van der Waals surface area (Å²) in [6.45, 7) is 0.492. The maximum atomic E-state index is 11.5. The van der Waals surface area contributed by atoms with Crippen LogP contribution in [0.25, 0.3) is 11.4 Å². The van der Waals surface area contributed by atoms with Crippen LogP contribution in [-0.4, -0.2) is 37.6 Å². The van der Waals surface area contributed by atoms with Crippen LogP contribution in [0.2, 0.25) is 0 Å². The van der Waals surface area contributed by atoms with E-state index < -0.39 is 0 Å². The van der Waals surface area contributed by atoms with Crippen LogP contribution in [0.5, 0.6) is 0 Å². The van der Waals surface area contributed by atoms with Gasteiger partial charge in [-0.1, -0.05) is 11.8 Å². The predicted molar refractivity (Wildman–Crippen MR) is 69.5 cm³/mol. The molecular weight excluding hydrogens is 264 g/mol. The Morgan fingerprint density at radius 2 is 2.16 bits per heavy atom. The highest BCUT2D eigenvalue weighted by Crippen LogP contribution is 2.29. The first kappa shape index (κ1) is 12.2. The van der Waals surface area contributed by atoms with Gasteiger partial charge in [0.05, 0.1) is 6.61 Å². The number of esters is 1. The number of thioether (sulfide) groups is 1. The molecule has 6 nitrogen and oxygen atoms in total. The van der Waals surface area contributed by atoms with Crippen LogP contribution in [0.15, 0.2) is 29.7 Å². The second-order valence-electron chi connectivity index (χ2n) is 4.16. The van der Waals surface area contributed by atoms with Crippen molar-refractivity contribution in [2.75, 3.05) is 6.61 Å². The average molecular weight is 276 g/mol. The van der Waals surface area contributed by atoms with Crippen LogP contribution in [0.1, 0.15) is 6.42 Å². The van der Waals surface area contributed by atoms with E-state index in [4.69, 9.17) is 4.74 Å². The van der Waals surface area contributed by atoms with Gasteiger partial charge in [0.15, 0.2) is 11.0 Å². The molecule has 3 heterocycles. The summed E-state index contributed by atoms with van der Waals surface area (Å²) in [5.74, 6) is 0.592. The number of carbonyl (C=O) groups is 1. The monoisotopic (exact) mass is 276 g/mol. The number of cyclic esters (lactones) is 1. The zero-order valence-electron chi connectivity index (χ0n) is 10.3. The molecule has 1 fully saturated rings. The highest BCUT2D eigenvalue weighted by Gasteiger charge is 2.29. The van der Waals surface area contributed by atoms with Crippen LogP contribution < -0.4 is 0 Å². The van der Waals surface area contributed by atoms with Crippen LogP contribution >= 0.6 is 11.8 Å². The van der Waals surface area contributed by atoms with E-state index in [2.05, 4.69) is 15.2 Å². The minimum Gasteiger partial charge on any atom is -0.465 e. The lowest BCUT2D eigenvalue weighted by Crippen LogP contribution is -2.10. The van der Waals surface area contributed by atoms with Crippen molar-refractivity contribution in [1.82, 2.24) is 19.7 Å². The predicted octanol–water partition coefficient (Wildman–Crippen LogP) is 1.28. The molecule has 0 spiro atoms. The molecule has 0 bridgehead atoms. The van der Waals surface area contributed by atoms with Crippen molar-refractivity contribution in [1.29, 1.82) is 0 Å². The molecule has 0 amide bonds. The molecule has 98 valence electrons. The van der Waals surface area contributed by atoms with E-state index in [0.717, 1.165) is 23.0 Å². The first-order valence-electron chi connectivity index (χ1n) is 5.89. The fourth-order valence-corrected chi connectivity index (χ4v) is 2.85. The Balaban J connectivity index is 1.85. The molecule has 7 heteroatoms. The van der Waals surface area contributed by atoms with E-state index in [0.29, 0.717) is 6.61 Å². The van der Waals surface area contributed by atoms with Gasteiger partial charge in [0.1, 0.15) is 5.25 Å². The number of ether oxygens (including phenoxy) is 1. The van der Waals surface area contributed by atoms with Gasteiger partial charge in [-0.15, -0.1) is 10.2 Å². The number of hydrogen-bond acceptors (Lipinski definition) is 6. The molecule has 3 rings (SSSR count). The maximum absolute atomic E-state index is 11.5. The second kappa shape index (κ2) is 5.00. The van der Waals surface area contributed by atoms with Gasteiger partial charge in [0, 0.05) is 31.4 Å². The fraction of sp³-hybridized carbons (Fsp3) is 0.333. The molecule has 2 aromatic heterocycles. The zero-order chi connectivity index (χ0) is 13.2. The quantitative estimate of drug-likeness (QED) is 0.787. The number of pyridine rings is 1. The van der Waals surface area contributed by atoms with Crippen LogP contribution in [0.3, 0.4) is 0 Å². The van der Waals surface area contributed by atoms with E-state index in [-0.39, 0.29) is 11.2 Å². The fourth-order valence-electron chi connectivity index (χ4n) is 1.88. The highest BCUT2D eigenvalue weighted by molar-refractivity contribution is 8.00. The zero-order valence-corrected chi connectivity index (χ0v) is 11.1. The molecule has 1 aliphatic heterocycles. The lowest BCUT2D eigenvalue weighted by atomic mass is 10.2. The van der Waals surface area contributed by atoms with Gasteiger partial charge < -0.3 is 9.30 Å². The topological polar surface area (TPSA) is 69.9 Å². The Bertz CT molecular complexity index is 599. The van der Waals surface area contributed by atoms with E-state index >= 15 is 0 Å². The molecular formula is C12H12N4O2S. The van der Waals surface area contributed by atoms with Crippen LogP contribution in [0, 0.1) is 0 Å². The third-order valence-electron chi connectivity index (χ3n) is 2.91. The van der Waals surface area contributed by atoms with Gasteiger partial charge in [0.2, 0.25) is 0 Å². The number of rotatable bonds is 3. The van der Waals surface area contributed by atoms with Crippen molar-refractivity contribution in [2.45, 2.75) is 16.8 Å². The molecule has 0 radical (unpaired) electrons. The summed E-state index contributed by atoms with van der Waals surface area (Å²) in [4.78, 5) is 15.4. The summed E-state index contributed by atoms with van der Waals surface area (Å²) < 4.78 is 6.82. The van der Waals surface area contributed by atoms with Crippen LogP contribution in [0.4, 0.5) is 0 Å². The van der Waals surface area contributed by atoms with Crippen molar-refractivity contribution in [3.05, 3.63) is 24.5 Å². The Morgan fingerprint density at radius 1 is 1.37 bits per heavy atom. The Hall–Kier alpha value is -1.89. The van der Waals surface area contributed by atoms with Gasteiger partial charge in [0.25, 0.3) is 0 Å². The number of nitrogens with zero attached hydrogens (tertiary/aromatic N) is 4. The summed E-state index contributed by atoms with van der Waals surface area (Å²) in [6, 6.07) is 3.75. The Morgan fingerprint density at radius 3 is 2.84 bits per heavy atom. The van der Waals surface area contributed by atoms with Crippen molar-refractivity contribution < 1.29 is 9.53 Å². The summed E-state index contributed by atoms with van der Waals surface area (Å²) in [5.41, 5.74) is 0.950. The molecule has 2 aromatic rings. The minimum absolute atomic E-state index is 0.168. The first-order chi connectivity index (χ1) is 9.25. The molecule has 1 atom stereocenters. The number of hydrogen-bond donors (Lipinski definition) is 0. The van der Waals surface area contributed by atoms with Crippen LogP contribution in [-0.2, 0) is 16.6 Å². The highest BCUT2D eigenvalue weighted by atomic mass is 32.2. The van der Waals surface area contributed by atoms with Crippen molar-refractivity contribution in [3.8, 4) is 11.4 Å². The third kappa shape index (κ3) is 2.33.